The van der Waals surface area contributed by atoms with Crippen LogP contribution in [0.5, 0.6) is 0 Å². The molecular formula is C16H16N4O3S2. The lowest BCUT2D eigenvalue weighted by molar-refractivity contribution is -0.121. The molecule has 25 heavy (non-hydrogen) atoms. The maximum atomic E-state index is 12.9. The van der Waals surface area contributed by atoms with Crippen molar-refractivity contribution in [3.05, 3.63) is 44.7 Å². The van der Waals surface area contributed by atoms with Gasteiger partial charge in [0.1, 0.15) is 15.8 Å². The second kappa shape index (κ2) is 6.95. The van der Waals surface area contributed by atoms with Crippen LogP contribution in [-0.4, -0.2) is 49.8 Å². The van der Waals surface area contributed by atoms with Crippen LogP contribution < -0.4 is 10.9 Å². The summed E-state index contributed by atoms with van der Waals surface area (Å²) < 4.78 is 1.88. The van der Waals surface area contributed by atoms with Crippen molar-refractivity contribution in [1.29, 1.82) is 0 Å². The van der Waals surface area contributed by atoms with E-state index in [0.717, 1.165) is 17.3 Å². The van der Waals surface area contributed by atoms with Crippen molar-refractivity contribution in [2.45, 2.75) is 6.92 Å². The molecule has 7 nitrogen and oxygen atoms in total. The molecule has 130 valence electrons. The van der Waals surface area contributed by atoms with Crippen LogP contribution in [-0.2, 0) is 4.79 Å². The molecule has 1 aliphatic heterocycles. The van der Waals surface area contributed by atoms with Crippen molar-refractivity contribution in [3.63, 3.8) is 0 Å². The van der Waals surface area contributed by atoms with E-state index in [1.54, 1.807) is 19.3 Å². The first-order valence-electron chi connectivity index (χ1n) is 7.51. The Morgan fingerprint density at radius 1 is 1.40 bits per heavy atom. The van der Waals surface area contributed by atoms with E-state index in [1.807, 2.05) is 13.0 Å². The van der Waals surface area contributed by atoms with Crippen LogP contribution >= 0.6 is 24.0 Å². The number of likely N-dealkylation sites (N-methyl/N-ethyl adjacent to an activating group) is 1. The van der Waals surface area contributed by atoms with E-state index in [0.29, 0.717) is 20.7 Å². The number of nitrogens with zero attached hydrogens (tertiary/aromatic N) is 3. The van der Waals surface area contributed by atoms with E-state index in [1.165, 1.54) is 15.4 Å². The van der Waals surface area contributed by atoms with Gasteiger partial charge in [-0.15, -0.1) is 0 Å². The Hall–Kier alpha value is -2.23. The summed E-state index contributed by atoms with van der Waals surface area (Å²) in [5, 5.41) is 12.0. The standard InChI is InChI=1S/C16H16N4O3S2/c1-9-3-4-12-18-13(17-5-6-21)10(14(22)20(12)8-9)7-11-15(23)19(2)16(24)25-11/h3-4,7-8,17,21H,5-6H2,1-2H3. The summed E-state index contributed by atoms with van der Waals surface area (Å²) in [6, 6.07) is 3.61. The summed E-state index contributed by atoms with van der Waals surface area (Å²) in [7, 11) is 1.60. The first kappa shape index (κ1) is 17.6. The van der Waals surface area contributed by atoms with E-state index >= 15 is 0 Å². The first-order chi connectivity index (χ1) is 11.9. The van der Waals surface area contributed by atoms with Crippen LogP contribution in [0.1, 0.15) is 11.1 Å². The fourth-order valence-corrected chi connectivity index (χ4v) is 3.54. The number of nitrogens with one attached hydrogen (secondary N) is 1. The van der Waals surface area contributed by atoms with E-state index in [4.69, 9.17) is 17.3 Å². The molecule has 1 amide bonds. The summed E-state index contributed by atoms with van der Waals surface area (Å²) in [6.07, 6.45) is 3.20. The largest absolute Gasteiger partial charge is 0.395 e. The molecule has 2 aromatic rings. The highest BCUT2D eigenvalue weighted by atomic mass is 32.2. The number of thiocarbonyl (C=S) groups is 1. The fourth-order valence-electron chi connectivity index (χ4n) is 2.37. The molecule has 0 saturated carbocycles. The zero-order chi connectivity index (χ0) is 18.1. The van der Waals surface area contributed by atoms with Gasteiger partial charge < -0.3 is 10.4 Å². The van der Waals surface area contributed by atoms with Gasteiger partial charge in [-0.1, -0.05) is 30.0 Å². The van der Waals surface area contributed by atoms with Crippen LogP contribution in [0.3, 0.4) is 0 Å². The van der Waals surface area contributed by atoms with Gasteiger partial charge in [-0.3, -0.25) is 18.9 Å². The summed E-state index contributed by atoms with van der Waals surface area (Å²) in [5.74, 6) is 0.0705. The molecule has 0 aliphatic carbocycles. The summed E-state index contributed by atoms with van der Waals surface area (Å²) >= 11 is 6.26. The molecule has 3 rings (SSSR count). The minimum Gasteiger partial charge on any atom is -0.395 e. The minimum absolute atomic E-state index is 0.106. The average Bonchev–Trinajstić information content (AvgIpc) is 2.83. The zero-order valence-corrected chi connectivity index (χ0v) is 15.3. The number of aliphatic hydroxyl groups is 1. The van der Waals surface area contributed by atoms with Gasteiger partial charge in [-0.05, 0) is 24.6 Å². The Kier molecular flexibility index (Phi) is 4.89. The number of aryl methyl sites for hydroxylation is 1. The molecule has 0 radical (unpaired) electrons. The highest BCUT2D eigenvalue weighted by Gasteiger charge is 2.29. The molecule has 0 unspecified atom stereocenters. The summed E-state index contributed by atoms with van der Waals surface area (Å²) in [5.41, 5.74) is 1.36. The van der Waals surface area contributed by atoms with E-state index in [9.17, 15) is 9.59 Å². The molecular weight excluding hydrogens is 360 g/mol. The third kappa shape index (κ3) is 3.30. The number of anilines is 1. The fraction of sp³-hybridized carbons (Fsp3) is 0.250. The maximum Gasteiger partial charge on any atom is 0.267 e. The molecule has 1 saturated heterocycles. The average molecular weight is 376 g/mol. The molecule has 0 spiro atoms. The Morgan fingerprint density at radius 2 is 2.16 bits per heavy atom. The van der Waals surface area contributed by atoms with Crippen molar-refractivity contribution in [3.8, 4) is 0 Å². The van der Waals surface area contributed by atoms with Gasteiger partial charge in [-0.2, -0.15) is 0 Å². The predicted octanol–water partition coefficient (Wildman–Crippen LogP) is 1.24. The highest BCUT2D eigenvalue weighted by Crippen LogP contribution is 2.31. The third-order valence-corrected chi connectivity index (χ3v) is 5.16. The maximum absolute atomic E-state index is 12.9. The normalized spacial score (nSPS) is 16.3. The SMILES string of the molecule is Cc1ccc2nc(NCCO)c(C=C3SC(=S)N(C)C3=O)c(=O)n2c1. The monoisotopic (exact) mass is 376 g/mol. The number of thioether (sulfide) groups is 1. The molecule has 3 heterocycles. The Balaban J connectivity index is 2.21. The van der Waals surface area contributed by atoms with Gasteiger partial charge in [0.2, 0.25) is 0 Å². The molecule has 0 bridgehead atoms. The lowest BCUT2D eigenvalue weighted by Crippen LogP contribution is -2.23. The topological polar surface area (TPSA) is 86.9 Å². The van der Waals surface area contributed by atoms with Gasteiger partial charge in [0, 0.05) is 19.8 Å². The van der Waals surface area contributed by atoms with E-state index in [-0.39, 0.29) is 30.2 Å². The number of rotatable bonds is 4. The summed E-state index contributed by atoms with van der Waals surface area (Å²) in [6.45, 7) is 2.02. The number of amides is 1. The molecule has 0 atom stereocenters. The van der Waals surface area contributed by atoms with Gasteiger partial charge in [-0.25, -0.2) is 4.98 Å². The van der Waals surface area contributed by atoms with Crippen LogP contribution in [0.4, 0.5) is 5.82 Å². The van der Waals surface area contributed by atoms with Crippen molar-refractivity contribution in [1.82, 2.24) is 14.3 Å². The predicted molar refractivity (Wildman–Crippen MR) is 103 cm³/mol. The molecule has 2 aromatic heterocycles. The number of carbonyl (C=O) groups excluding carboxylic acids is 1. The Morgan fingerprint density at radius 3 is 2.80 bits per heavy atom. The highest BCUT2D eigenvalue weighted by molar-refractivity contribution is 8.26. The number of fused-ring (bicyclic) bond motifs is 1. The van der Waals surface area contributed by atoms with Crippen molar-refractivity contribution >= 4 is 51.7 Å². The lowest BCUT2D eigenvalue weighted by atomic mass is 10.2. The van der Waals surface area contributed by atoms with Crippen molar-refractivity contribution in [2.24, 2.45) is 0 Å². The third-order valence-electron chi connectivity index (χ3n) is 3.67. The Bertz CT molecular complexity index is 968. The van der Waals surface area contributed by atoms with Crippen molar-refractivity contribution < 1.29 is 9.90 Å². The second-order valence-electron chi connectivity index (χ2n) is 5.50. The van der Waals surface area contributed by atoms with Gasteiger partial charge in [0.05, 0.1) is 17.1 Å². The number of hydrogen-bond donors (Lipinski definition) is 2. The smallest absolute Gasteiger partial charge is 0.267 e. The number of pyridine rings is 1. The number of aliphatic hydroxyl groups excluding tert-OH is 1. The van der Waals surface area contributed by atoms with Crippen LogP contribution in [0.25, 0.3) is 11.7 Å². The molecule has 0 aromatic carbocycles. The molecule has 2 N–H and O–H groups in total. The van der Waals surface area contributed by atoms with Crippen LogP contribution in [0, 0.1) is 6.92 Å². The van der Waals surface area contributed by atoms with Crippen molar-refractivity contribution in [2.75, 3.05) is 25.5 Å². The minimum atomic E-state index is -0.296. The molecule has 1 aliphatic rings. The quantitative estimate of drug-likeness (QED) is 0.613. The molecule has 9 heteroatoms. The van der Waals surface area contributed by atoms with Gasteiger partial charge in [0.15, 0.2) is 0 Å². The summed E-state index contributed by atoms with van der Waals surface area (Å²) in [4.78, 5) is 31.3. The second-order valence-corrected chi connectivity index (χ2v) is 7.18. The zero-order valence-electron chi connectivity index (χ0n) is 13.6. The van der Waals surface area contributed by atoms with Gasteiger partial charge >= 0.3 is 0 Å². The van der Waals surface area contributed by atoms with Crippen LogP contribution in [0.2, 0.25) is 0 Å². The number of carbonyl (C=O) groups is 1. The Labute approximate surface area is 153 Å². The first-order valence-corrected chi connectivity index (χ1v) is 8.74. The van der Waals surface area contributed by atoms with E-state index < -0.39 is 0 Å². The van der Waals surface area contributed by atoms with E-state index in [2.05, 4.69) is 10.3 Å². The van der Waals surface area contributed by atoms with Crippen LogP contribution in [0.15, 0.2) is 28.0 Å². The molecule has 1 fully saturated rings. The number of aromatic nitrogens is 2. The lowest BCUT2D eigenvalue weighted by Gasteiger charge is -2.10. The van der Waals surface area contributed by atoms with Gasteiger partial charge in [0.25, 0.3) is 11.5 Å². The number of hydrogen-bond acceptors (Lipinski definition) is 7.